The van der Waals surface area contributed by atoms with Crippen molar-refractivity contribution in [1.82, 2.24) is 4.90 Å². The Morgan fingerprint density at radius 2 is 1.71 bits per heavy atom. The van der Waals surface area contributed by atoms with E-state index in [9.17, 15) is 0 Å². The van der Waals surface area contributed by atoms with Crippen molar-refractivity contribution in [3.8, 4) is 0 Å². The van der Waals surface area contributed by atoms with Gasteiger partial charge in [0.1, 0.15) is 0 Å². The van der Waals surface area contributed by atoms with E-state index in [2.05, 4.69) is 25.7 Å². The van der Waals surface area contributed by atoms with Crippen LogP contribution in [0.15, 0.2) is 0 Å². The molecule has 0 bridgehead atoms. The van der Waals surface area contributed by atoms with Crippen molar-refractivity contribution in [1.29, 1.82) is 0 Å². The quantitative estimate of drug-likeness (QED) is 0.771. The third-order valence-corrected chi connectivity index (χ3v) is 4.74. The summed E-state index contributed by atoms with van der Waals surface area (Å²) in [6.07, 6.45) is 9.29. The molecule has 0 aliphatic carbocycles. The Bertz CT molecular complexity index is 191. The van der Waals surface area contributed by atoms with Crippen LogP contribution in [0.5, 0.6) is 0 Å². The van der Waals surface area contributed by atoms with Crippen LogP contribution < -0.4 is 5.73 Å². The van der Waals surface area contributed by atoms with Crippen molar-refractivity contribution in [2.24, 2.45) is 11.7 Å². The molecule has 1 heterocycles. The van der Waals surface area contributed by atoms with Gasteiger partial charge in [0.05, 0.1) is 0 Å². The van der Waals surface area contributed by atoms with Gasteiger partial charge in [0, 0.05) is 12.1 Å². The molecule has 1 aliphatic rings. The maximum absolute atomic E-state index is 6.16. The van der Waals surface area contributed by atoms with Crippen molar-refractivity contribution in [2.45, 2.75) is 71.3 Å². The van der Waals surface area contributed by atoms with Gasteiger partial charge in [-0.2, -0.15) is 0 Å². The summed E-state index contributed by atoms with van der Waals surface area (Å²) in [5, 5.41) is 0. The molecular formula is C15H32N2. The van der Waals surface area contributed by atoms with Crippen molar-refractivity contribution in [3.05, 3.63) is 0 Å². The minimum atomic E-state index is 0.278. The Labute approximate surface area is 108 Å². The van der Waals surface area contributed by atoms with Gasteiger partial charge in [-0.1, -0.05) is 40.0 Å². The first-order chi connectivity index (χ1) is 8.18. The topological polar surface area (TPSA) is 29.3 Å². The highest BCUT2D eigenvalue weighted by atomic mass is 15.2. The van der Waals surface area contributed by atoms with Gasteiger partial charge in [-0.3, -0.25) is 4.90 Å². The lowest BCUT2D eigenvalue weighted by molar-refractivity contribution is 0.0691. The predicted octanol–water partition coefficient (Wildman–Crippen LogP) is 3.41. The third kappa shape index (κ3) is 3.96. The van der Waals surface area contributed by atoms with Crippen LogP contribution in [-0.2, 0) is 0 Å². The largest absolute Gasteiger partial charge is 0.329 e. The van der Waals surface area contributed by atoms with E-state index in [1.807, 2.05) is 0 Å². The lowest BCUT2D eigenvalue weighted by atomic mass is 9.83. The Balaban J connectivity index is 2.72. The first-order valence-corrected chi connectivity index (χ1v) is 7.63. The first kappa shape index (κ1) is 15.0. The molecule has 2 heteroatoms. The van der Waals surface area contributed by atoms with Gasteiger partial charge >= 0.3 is 0 Å². The van der Waals surface area contributed by atoms with Gasteiger partial charge in [-0.15, -0.1) is 0 Å². The second-order valence-electron chi connectivity index (χ2n) is 5.90. The Morgan fingerprint density at radius 3 is 2.12 bits per heavy atom. The second-order valence-corrected chi connectivity index (χ2v) is 5.90. The molecule has 2 unspecified atom stereocenters. The summed E-state index contributed by atoms with van der Waals surface area (Å²) < 4.78 is 0. The van der Waals surface area contributed by atoms with Crippen LogP contribution >= 0.6 is 0 Å². The van der Waals surface area contributed by atoms with Crippen molar-refractivity contribution >= 4 is 0 Å². The van der Waals surface area contributed by atoms with E-state index in [-0.39, 0.29) is 5.54 Å². The van der Waals surface area contributed by atoms with Crippen molar-refractivity contribution in [3.63, 3.8) is 0 Å². The molecule has 1 fully saturated rings. The molecule has 0 radical (unpaired) electrons. The summed E-state index contributed by atoms with van der Waals surface area (Å²) in [5.41, 5.74) is 6.44. The lowest BCUT2D eigenvalue weighted by Gasteiger charge is -2.44. The van der Waals surface area contributed by atoms with Gasteiger partial charge in [0.25, 0.3) is 0 Å². The first-order valence-electron chi connectivity index (χ1n) is 7.63. The minimum absolute atomic E-state index is 0.278. The highest BCUT2D eigenvalue weighted by Gasteiger charge is 2.34. The molecule has 0 spiro atoms. The van der Waals surface area contributed by atoms with E-state index in [1.165, 1.54) is 58.0 Å². The molecule has 1 aliphatic heterocycles. The fourth-order valence-corrected chi connectivity index (χ4v) is 3.19. The zero-order valence-electron chi connectivity index (χ0n) is 12.2. The Hall–Kier alpha value is -0.0800. The molecular weight excluding hydrogens is 208 g/mol. The fraction of sp³-hybridized carbons (Fsp3) is 1.00. The molecule has 0 aromatic heterocycles. The molecule has 2 nitrogen and oxygen atoms in total. The fourth-order valence-electron chi connectivity index (χ4n) is 3.19. The number of rotatable bonds is 6. The number of hydrogen-bond acceptors (Lipinski definition) is 2. The van der Waals surface area contributed by atoms with Crippen LogP contribution in [0, 0.1) is 5.92 Å². The lowest BCUT2D eigenvalue weighted by Crippen LogP contribution is -2.54. The van der Waals surface area contributed by atoms with Crippen LogP contribution in [0.25, 0.3) is 0 Å². The van der Waals surface area contributed by atoms with Gasteiger partial charge in [0.2, 0.25) is 0 Å². The molecule has 0 amide bonds. The monoisotopic (exact) mass is 240 g/mol. The van der Waals surface area contributed by atoms with Gasteiger partial charge in [0.15, 0.2) is 0 Å². The summed E-state index contributed by atoms with van der Waals surface area (Å²) in [7, 11) is 0. The van der Waals surface area contributed by atoms with Crippen LogP contribution in [0.3, 0.4) is 0 Å². The maximum Gasteiger partial charge on any atom is 0.0331 e. The average Bonchev–Trinajstić information content (AvgIpc) is 2.65. The second kappa shape index (κ2) is 7.38. The SMILES string of the molecule is CCC(C)CC(CC)(CN)N1CCCCCC1. The van der Waals surface area contributed by atoms with Gasteiger partial charge in [-0.25, -0.2) is 0 Å². The van der Waals surface area contributed by atoms with Crippen molar-refractivity contribution in [2.75, 3.05) is 19.6 Å². The molecule has 102 valence electrons. The highest BCUT2D eigenvalue weighted by Crippen LogP contribution is 2.30. The van der Waals surface area contributed by atoms with E-state index in [0.29, 0.717) is 0 Å². The van der Waals surface area contributed by atoms with E-state index >= 15 is 0 Å². The highest BCUT2D eigenvalue weighted by molar-refractivity contribution is 4.92. The average molecular weight is 240 g/mol. The van der Waals surface area contributed by atoms with Crippen LogP contribution in [0.1, 0.15) is 65.7 Å². The zero-order valence-corrected chi connectivity index (χ0v) is 12.2. The van der Waals surface area contributed by atoms with Crippen LogP contribution in [0.2, 0.25) is 0 Å². The Morgan fingerprint density at radius 1 is 1.12 bits per heavy atom. The van der Waals surface area contributed by atoms with E-state index in [0.717, 1.165) is 12.5 Å². The van der Waals surface area contributed by atoms with E-state index in [1.54, 1.807) is 0 Å². The van der Waals surface area contributed by atoms with Gasteiger partial charge in [-0.05, 0) is 44.7 Å². The maximum atomic E-state index is 6.16. The molecule has 0 saturated carbocycles. The summed E-state index contributed by atoms with van der Waals surface area (Å²) in [6.45, 7) is 10.3. The zero-order chi connectivity index (χ0) is 12.7. The minimum Gasteiger partial charge on any atom is -0.329 e. The van der Waals surface area contributed by atoms with Crippen LogP contribution in [-0.4, -0.2) is 30.1 Å². The third-order valence-electron chi connectivity index (χ3n) is 4.74. The number of hydrogen-bond donors (Lipinski definition) is 1. The molecule has 17 heavy (non-hydrogen) atoms. The Kier molecular flexibility index (Phi) is 6.50. The van der Waals surface area contributed by atoms with Crippen LogP contribution in [0.4, 0.5) is 0 Å². The molecule has 1 saturated heterocycles. The van der Waals surface area contributed by atoms with Gasteiger partial charge < -0.3 is 5.73 Å². The van der Waals surface area contributed by atoms with E-state index < -0.39 is 0 Å². The number of nitrogens with two attached hydrogens (primary N) is 1. The number of nitrogens with zero attached hydrogens (tertiary/aromatic N) is 1. The summed E-state index contributed by atoms with van der Waals surface area (Å²) in [6, 6.07) is 0. The molecule has 2 atom stereocenters. The molecule has 2 N–H and O–H groups in total. The normalized spacial score (nSPS) is 24.0. The summed E-state index contributed by atoms with van der Waals surface area (Å²) in [4.78, 5) is 2.71. The molecule has 1 rings (SSSR count). The molecule has 0 aromatic rings. The smallest absolute Gasteiger partial charge is 0.0331 e. The predicted molar refractivity (Wildman–Crippen MR) is 76.2 cm³/mol. The standard InChI is InChI=1S/C15H32N2/c1-4-14(3)12-15(5-2,13-16)17-10-8-6-7-9-11-17/h14H,4-13,16H2,1-3H3. The summed E-state index contributed by atoms with van der Waals surface area (Å²) >= 11 is 0. The van der Waals surface area contributed by atoms with Crippen molar-refractivity contribution < 1.29 is 0 Å². The molecule has 0 aromatic carbocycles. The number of likely N-dealkylation sites (tertiary alicyclic amines) is 1. The van der Waals surface area contributed by atoms with E-state index in [4.69, 9.17) is 5.73 Å². The summed E-state index contributed by atoms with van der Waals surface area (Å²) in [5.74, 6) is 0.793.